The third kappa shape index (κ3) is 302. The summed E-state index contributed by atoms with van der Waals surface area (Å²) < 4.78 is 0. The van der Waals surface area contributed by atoms with Crippen LogP contribution in [0.3, 0.4) is 0 Å². The van der Waals surface area contributed by atoms with Crippen molar-refractivity contribution in [2.24, 2.45) is 0 Å². The fourth-order valence-corrected chi connectivity index (χ4v) is 0. The van der Waals surface area contributed by atoms with Crippen LogP contribution in [-0.2, 0) is 0 Å². The van der Waals surface area contributed by atoms with Crippen molar-refractivity contribution in [3.8, 4) is 0 Å². The van der Waals surface area contributed by atoms with E-state index in [2.05, 4.69) is 12.6 Å². The Balaban J connectivity index is 0. The average molecular weight is 138 g/mol. The molecule has 46 valence electrons. The maximum absolute atomic E-state index is 3.97. The van der Waals surface area contributed by atoms with Crippen LogP contribution in [0.5, 0.6) is 0 Å². The van der Waals surface area contributed by atoms with Gasteiger partial charge in [-0.3, -0.25) is 0 Å². The zero-order valence-electron chi connectivity index (χ0n) is 5.43. The molecule has 0 unspecified atom stereocenters. The molecule has 0 nitrogen and oxygen atoms in total. The topological polar surface area (TPSA) is 0 Å². The standard InChI is InChI=1S/C3H8S.C2H6S/c1-3(2)4;1-3-2/h3-4H,1-2H3;1-2H3. The molecule has 7 heavy (non-hydrogen) atoms. The molecular formula is C5H14S2. The van der Waals surface area contributed by atoms with Gasteiger partial charge in [0.05, 0.1) is 0 Å². The van der Waals surface area contributed by atoms with E-state index in [4.69, 9.17) is 0 Å². The molecule has 0 N–H and O–H groups in total. The van der Waals surface area contributed by atoms with Crippen molar-refractivity contribution in [3.05, 3.63) is 0 Å². The predicted molar refractivity (Wildman–Crippen MR) is 43.6 cm³/mol. The largest absolute Gasteiger partial charge is 0.177 e. The van der Waals surface area contributed by atoms with Crippen LogP contribution in [0.2, 0.25) is 0 Å². The number of rotatable bonds is 0. The van der Waals surface area contributed by atoms with Crippen LogP contribution < -0.4 is 0 Å². The molecule has 0 saturated carbocycles. The van der Waals surface area contributed by atoms with Crippen molar-refractivity contribution >= 4 is 24.4 Å². The van der Waals surface area contributed by atoms with Crippen LogP contribution in [0.1, 0.15) is 13.8 Å². The summed E-state index contributed by atoms with van der Waals surface area (Å²) in [6.45, 7) is 4.06. The van der Waals surface area contributed by atoms with E-state index in [1.807, 2.05) is 26.4 Å². The summed E-state index contributed by atoms with van der Waals surface area (Å²) in [7, 11) is 0. The Morgan fingerprint density at radius 3 is 1.29 bits per heavy atom. The molecule has 0 rings (SSSR count). The van der Waals surface area contributed by atoms with E-state index in [9.17, 15) is 0 Å². The summed E-state index contributed by atoms with van der Waals surface area (Å²) in [5, 5.41) is 0.528. The summed E-state index contributed by atoms with van der Waals surface area (Å²) >= 11 is 5.72. The van der Waals surface area contributed by atoms with Crippen molar-refractivity contribution in [2.45, 2.75) is 19.1 Å². The van der Waals surface area contributed by atoms with E-state index in [0.717, 1.165) is 0 Å². The van der Waals surface area contributed by atoms with E-state index in [1.165, 1.54) is 0 Å². The molecule has 0 aliphatic carbocycles. The molecule has 0 aliphatic heterocycles. The lowest BCUT2D eigenvalue weighted by Crippen LogP contribution is -1.71. The third-order valence-corrected chi connectivity index (χ3v) is 0. The van der Waals surface area contributed by atoms with Crippen LogP contribution in [0.4, 0.5) is 0 Å². The first-order valence-electron chi connectivity index (χ1n) is 2.23. The Morgan fingerprint density at radius 1 is 1.29 bits per heavy atom. The Bertz CT molecular complexity index is 17.3. The van der Waals surface area contributed by atoms with Gasteiger partial charge in [-0.05, 0) is 17.8 Å². The molecule has 0 aliphatic rings. The molecule has 0 aromatic rings. The minimum atomic E-state index is 0.528. The van der Waals surface area contributed by atoms with Gasteiger partial charge < -0.3 is 0 Å². The van der Waals surface area contributed by atoms with Crippen molar-refractivity contribution in [2.75, 3.05) is 12.5 Å². The van der Waals surface area contributed by atoms with Crippen LogP contribution >= 0.6 is 24.4 Å². The van der Waals surface area contributed by atoms with Gasteiger partial charge in [0, 0.05) is 0 Å². The van der Waals surface area contributed by atoms with E-state index in [-0.39, 0.29) is 0 Å². The van der Waals surface area contributed by atoms with Crippen LogP contribution in [-0.4, -0.2) is 17.8 Å². The summed E-state index contributed by atoms with van der Waals surface area (Å²) in [5.41, 5.74) is 0. The predicted octanol–water partition coefficient (Wildman–Crippen LogP) is 2.30. The lowest BCUT2D eigenvalue weighted by molar-refractivity contribution is 1.13. The maximum atomic E-state index is 3.97. The molecule has 0 bridgehead atoms. The first-order chi connectivity index (χ1) is 3.15. The van der Waals surface area contributed by atoms with Gasteiger partial charge in [-0.15, -0.1) is 0 Å². The molecule has 0 radical (unpaired) electrons. The van der Waals surface area contributed by atoms with Gasteiger partial charge in [-0.1, -0.05) is 13.8 Å². The van der Waals surface area contributed by atoms with E-state index < -0.39 is 0 Å². The molecule has 2 heteroatoms. The summed E-state index contributed by atoms with van der Waals surface area (Å²) in [6.07, 6.45) is 4.08. The Hall–Kier alpha value is 0.700. The molecular weight excluding hydrogens is 124 g/mol. The molecule has 0 saturated heterocycles. The molecule has 0 fully saturated rings. The van der Waals surface area contributed by atoms with Crippen LogP contribution in [0, 0.1) is 0 Å². The second-order valence-corrected chi connectivity index (χ2v) is 3.35. The highest BCUT2D eigenvalue weighted by molar-refractivity contribution is 7.97. The lowest BCUT2D eigenvalue weighted by atomic mass is 10.6. The summed E-state index contributed by atoms with van der Waals surface area (Å²) in [4.78, 5) is 0. The molecule has 0 amide bonds. The monoisotopic (exact) mass is 138 g/mol. The Kier molecular flexibility index (Phi) is 15.0. The van der Waals surface area contributed by atoms with Gasteiger partial charge in [-0.25, -0.2) is 0 Å². The van der Waals surface area contributed by atoms with Gasteiger partial charge >= 0.3 is 0 Å². The van der Waals surface area contributed by atoms with Gasteiger partial charge in [0.1, 0.15) is 0 Å². The quantitative estimate of drug-likeness (QED) is 0.501. The van der Waals surface area contributed by atoms with Crippen molar-refractivity contribution in [1.82, 2.24) is 0 Å². The van der Waals surface area contributed by atoms with Crippen LogP contribution in [0.25, 0.3) is 0 Å². The zero-order chi connectivity index (χ0) is 6.28. The number of thioether (sulfide) groups is 1. The third-order valence-electron chi connectivity index (χ3n) is 0. The van der Waals surface area contributed by atoms with Gasteiger partial charge in [-0.2, -0.15) is 24.4 Å². The van der Waals surface area contributed by atoms with Crippen LogP contribution in [0.15, 0.2) is 0 Å². The highest BCUT2D eigenvalue weighted by atomic mass is 32.2. The molecule has 0 atom stereocenters. The first-order valence-corrected chi connectivity index (χ1v) is 4.38. The Morgan fingerprint density at radius 2 is 1.29 bits per heavy atom. The van der Waals surface area contributed by atoms with Gasteiger partial charge in [0.25, 0.3) is 0 Å². The number of thiol groups is 1. The normalized spacial score (nSPS) is 7.71. The lowest BCUT2D eigenvalue weighted by Gasteiger charge is -1.78. The van der Waals surface area contributed by atoms with Crippen molar-refractivity contribution in [1.29, 1.82) is 0 Å². The van der Waals surface area contributed by atoms with Crippen molar-refractivity contribution in [3.63, 3.8) is 0 Å². The summed E-state index contributed by atoms with van der Waals surface area (Å²) in [6, 6.07) is 0. The molecule has 0 heterocycles. The smallest absolute Gasteiger partial charge is 0.00399 e. The van der Waals surface area contributed by atoms with Crippen molar-refractivity contribution < 1.29 is 0 Å². The van der Waals surface area contributed by atoms with Gasteiger partial charge in [0.2, 0.25) is 0 Å². The van der Waals surface area contributed by atoms with E-state index >= 15 is 0 Å². The second-order valence-electron chi connectivity index (χ2n) is 1.50. The fraction of sp³-hybridized carbons (Fsp3) is 1.00. The molecule has 0 spiro atoms. The fourth-order valence-electron chi connectivity index (χ4n) is 0. The van der Waals surface area contributed by atoms with Gasteiger partial charge in [0.15, 0.2) is 0 Å². The number of hydrogen-bond acceptors (Lipinski definition) is 2. The van der Waals surface area contributed by atoms with E-state index in [0.29, 0.717) is 5.25 Å². The molecule has 0 aromatic carbocycles. The highest BCUT2D eigenvalue weighted by Gasteiger charge is 1.69. The second kappa shape index (κ2) is 9.85. The van der Waals surface area contributed by atoms with E-state index in [1.54, 1.807) is 11.8 Å². The summed E-state index contributed by atoms with van der Waals surface area (Å²) in [5.74, 6) is 0. The first kappa shape index (κ1) is 10.6. The minimum Gasteiger partial charge on any atom is -0.177 e. The zero-order valence-corrected chi connectivity index (χ0v) is 7.14. The maximum Gasteiger partial charge on any atom is -0.00399 e. The molecule has 0 aromatic heterocycles. The number of hydrogen-bond donors (Lipinski definition) is 1. The SMILES string of the molecule is CC(C)S.CSC. The Labute approximate surface area is 56.5 Å². The highest BCUT2D eigenvalue weighted by Crippen LogP contribution is 1.83. The minimum absolute atomic E-state index is 0.528. The average Bonchev–Trinajstić information content (AvgIpc) is 1.33.